The molecule has 0 aromatic heterocycles. The largest absolute Gasteiger partial charge is 0.312 e. The molecule has 68 valence electrons. The summed E-state index contributed by atoms with van der Waals surface area (Å²) in [6, 6.07) is 9.45. The maximum atomic E-state index is 8.59. The lowest BCUT2D eigenvalue weighted by Crippen LogP contribution is -2.06. The van der Waals surface area contributed by atoms with Crippen molar-refractivity contribution in [1.82, 2.24) is 0 Å². The molecule has 0 heterocycles. The minimum Gasteiger partial charge on any atom is -0.312 e. The zero-order valence-electron chi connectivity index (χ0n) is 7.83. The Morgan fingerprint density at radius 2 is 2.00 bits per heavy atom. The van der Waals surface area contributed by atoms with Crippen molar-refractivity contribution in [1.29, 1.82) is 5.26 Å². The Kier molecular flexibility index (Phi) is 3.48. The van der Waals surface area contributed by atoms with Gasteiger partial charge in [-0.2, -0.15) is 5.26 Å². The fraction of sp³-hybridized carbons (Fsp3) is 0.364. The molecule has 0 aliphatic rings. The van der Waals surface area contributed by atoms with Crippen molar-refractivity contribution >= 4 is 0 Å². The van der Waals surface area contributed by atoms with Gasteiger partial charge in [-0.3, -0.25) is 0 Å². The van der Waals surface area contributed by atoms with E-state index in [1.165, 1.54) is 5.56 Å². The van der Waals surface area contributed by atoms with Gasteiger partial charge >= 0.3 is 0 Å². The van der Waals surface area contributed by atoms with Gasteiger partial charge < -0.3 is 5.73 Å². The molecule has 0 saturated carbocycles. The Morgan fingerprint density at radius 3 is 2.46 bits per heavy atom. The molecule has 2 N–H and O–H groups in total. The molecule has 2 heteroatoms. The lowest BCUT2D eigenvalue weighted by Gasteiger charge is -2.04. The average molecular weight is 174 g/mol. The third kappa shape index (κ3) is 2.57. The minimum atomic E-state index is -0.490. The summed E-state index contributed by atoms with van der Waals surface area (Å²) in [6.45, 7) is 2.15. The number of nitrogens with zero attached hydrogens (tertiary/aromatic N) is 1. The van der Waals surface area contributed by atoms with Crippen LogP contribution in [0.25, 0.3) is 0 Å². The monoisotopic (exact) mass is 174 g/mol. The van der Waals surface area contributed by atoms with Gasteiger partial charge in [0, 0.05) is 0 Å². The molecule has 0 aliphatic carbocycles. The number of rotatable bonds is 3. The lowest BCUT2D eigenvalue weighted by atomic mass is 10.0. The highest BCUT2D eigenvalue weighted by atomic mass is 14.6. The van der Waals surface area contributed by atoms with E-state index in [1.807, 2.05) is 30.3 Å². The van der Waals surface area contributed by atoms with Gasteiger partial charge in [-0.15, -0.1) is 0 Å². The zero-order valence-corrected chi connectivity index (χ0v) is 7.83. The third-order valence-electron chi connectivity index (χ3n) is 2.02. The van der Waals surface area contributed by atoms with Crippen LogP contribution in [-0.2, 0) is 6.42 Å². The average Bonchev–Trinajstić information content (AvgIpc) is 2.18. The molecule has 1 rings (SSSR count). The van der Waals surface area contributed by atoms with Crippen molar-refractivity contribution < 1.29 is 0 Å². The van der Waals surface area contributed by atoms with Crippen LogP contribution >= 0.6 is 0 Å². The van der Waals surface area contributed by atoms with E-state index < -0.39 is 6.04 Å². The van der Waals surface area contributed by atoms with Crippen molar-refractivity contribution in [2.75, 3.05) is 0 Å². The quantitative estimate of drug-likeness (QED) is 0.763. The van der Waals surface area contributed by atoms with Crippen molar-refractivity contribution in [3.05, 3.63) is 35.4 Å². The Bertz CT molecular complexity index is 295. The van der Waals surface area contributed by atoms with Gasteiger partial charge in [0.1, 0.15) is 6.04 Å². The molecule has 0 bridgehead atoms. The second-order valence-corrected chi connectivity index (χ2v) is 3.10. The predicted molar refractivity (Wildman–Crippen MR) is 53.0 cm³/mol. The van der Waals surface area contributed by atoms with Crippen molar-refractivity contribution in [3.8, 4) is 6.07 Å². The fourth-order valence-corrected chi connectivity index (χ4v) is 1.25. The van der Waals surface area contributed by atoms with E-state index in [0.717, 1.165) is 18.4 Å². The van der Waals surface area contributed by atoms with E-state index in [0.29, 0.717) is 0 Å². The van der Waals surface area contributed by atoms with E-state index in [9.17, 15) is 0 Å². The fourth-order valence-electron chi connectivity index (χ4n) is 1.25. The van der Waals surface area contributed by atoms with Gasteiger partial charge in [0.25, 0.3) is 0 Å². The number of benzene rings is 1. The number of nitriles is 1. The van der Waals surface area contributed by atoms with Crippen LogP contribution in [0.3, 0.4) is 0 Å². The Labute approximate surface area is 79.0 Å². The van der Waals surface area contributed by atoms with Crippen molar-refractivity contribution in [2.24, 2.45) is 5.73 Å². The summed E-state index contributed by atoms with van der Waals surface area (Å²) in [5.74, 6) is 0. The Hall–Kier alpha value is -1.33. The van der Waals surface area contributed by atoms with Crippen LogP contribution in [0.5, 0.6) is 0 Å². The molecule has 0 saturated heterocycles. The molecule has 0 spiro atoms. The van der Waals surface area contributed by atoms with Crippen molar-refractivity contribution in [3.63, 3.8) is 0 Å². The second kappa shape index (κ2) is 4.64. The smallest absolute Gasteiger partial charge is 0.118 e. The first-order valence-electron chi connectivity index (χ1n) is 4.52. The van der Waals surface area contributed by atoms with Crippen LogP contribution in [0, 0.1) is 11.3 Å². The first-order valence-corrected chi connectivity index (χ1v) is 4.52. The minimum absolute atomic E-state index is 0.490. The van der Waals surface area contributed by atoms with Crippen LogP contribution in [0.2, 0.25) is 0 Å². The zero-order chi connectivity index (χ0) is 9.68. The summed E-state index contributed by atoms with van der Waals surface area (Å²) in [6.07, 6.45) is 2.23. The third-order valence-corrected chi connectivity index (χ3v) is 2.02. The van der Waals surface area contributed by atoms with Gasteiger partial charge in [0.2, 0.25) is 0 Å². The highest BCUT2D eigenvalue weighted by Crippen LogP contribution is 2.11. The van der Waals surface area contributed by atoms with Crippen molar-refractivity contribution in [2.45, 2.75) is 25.8 Å². The maximum Gasteiger partial charge on any atom is 0.118 e. The Balaban J connectivity index is 2.76. The molecule has 13 heavy (non-hydrogen) atoms. The van der Waals surface area contributed by atoms with E-state index in [2.05, 4.69) is 6.92 Å². The first kappa shape index (κ1) is 9.76. The summed E-state index contributed by atoms with van der Waals surface area (Å²) in [5, 5.41) is 8.59. The molecular weight excluding hydrogens is 160 g/mol. The maximum absolute atomic E-state index is 8.59. The number of aryl methyl sites for hydroxylation is 1. The van der Waals surface area contributed by atoms with Gasteiger partial charge in [-0.25, -0.2) is 0 Å². The van der Waals surface area contributed by atoms with Crippen LogP contribution in [0.15, 0.2) is 24.3 Å². The van der Waals surface area contributed by atoms with Crippen LogP contribution < -0.4 is 5.73 Å². The van der Waals surface area contributed by atoms with Crippen LogP contribution in [-0.4, -0.2) is 0 Å². The van der Waals surface area contributed by atoms with E-state index in [1.54, 1.807) is 0 Å². The topological polar surface area (TPSA) is 49.8 Å². The van der Waals surface area contributed by atoms with E-state index in [4.69, 9.17) is 11.0 Å². The van der Waals surface area contributed by atoms with E-state index in [-0.39, 0.29) is 0 Å². The van der Waals surface area contributed by atoms with Crippen LogP contribution in [0.4, 0.5) is 0 Å². The van der Waals surface area contributed by atoms with Gasteiger partial charge in [-0.1, -0.05) is 37.6 Å². The molecule has 0 fully saturated rings. The lowest BCUT2D eigenvalue weighted by molar-refractivity contribution is 0.903. The number of hydrogen-bond acceptors (Lipinski definition) is 2. The molecule has 1 atom stereocenters. The first-order chi connectivity index (χ1) is 6.27. The van der Waals surface area contributed by atoms with E-state index >= 15 is 0 Å². The summed E-state index contributed by atoms with van der Waals surface area (Å²) in [7, 11) is 0. The summed E-state index contributed by atoms with van der Waals surface area (Å²) in [4.78, 5) is 0. The van der Waals surface area contributed by atoms with Gasteiger partial charge in [-0.05, 0) is 17.5 Å². The SMILES string of the molecule is CCCc1ccc([C@H](N)C#N)cc1. The highest BCUT2D eigenvalue weighted by Gasteiger charge is 2.02. The second-order valence-electron chi connectivity index (χ2n) is 3.10. The standard InChI is InChI=1S/C11H14N2/c1-2-3-9-4-6-10(7-5-9)11(13)8-12/h4-7,11H,2-3,13H2,1H3/t11-/m1/s1. The van der Waals surface area contributed by atoms with Crippen LogP contribution in [0.1, 0.15) is 30.5 Å². The highest BCUT2D eigenvalue weighted by molar-refractivity contribution is 5.27. The summed E-state index contributed by atoms with van der Waals surface area (Å²) >= 11 is 0. The predicted octanol–water partition coefficient (Wildman–Crippen LogP) is 2.16. The molecule has 0 radical (unpaired) electrons. The summed E-state index contributed by atoms with van der Waals surface area (Å²) in [5.41, 5.74) is 7.75. The molecule has 1 aromatic carbocycles. The molecule has 0 unspecified atom stereocenters. The van der Waals surface area contributed by atoms with Gasteiger partial charge in [0.15, 0.2) is 0 Å². The number of nitrogens with two attached hydrogens (primary N) is 1. The normalized spacial score (nSPS) is 12.1. The summed E-state index contributed by atoms with van der Waals surface area (Å²) < 4.78 is 0. The molecule has 1 aromatic rings. The molecule has 0 aliphatic heterocycles. The van der Waals surface area contributed by atoms with Gasteiger partial charge in [0.05, 0.1) is 6.07 Å². The molecule has 2 nitrogen and oxygen atoms in total. The number of hydrogen-bond donors (Lipinski definition) is 1. The Morgan fingerprint density at radius 1 is 1.38 bits per heavy atom. The molecular formula is C11H14N2. The molecule has 0 amide bonds.